The van der Waals surface area contributed by atoms with Crippen LogP contribution in [0.3, 0.4) is 0 Å². The molecular weight excluding hydrogens is 212 g/mol. The molecular formula is C12H15ClO2. The molecule has 1 aromatic rings. The van der Waals surface area contributed by atoms with Crippen molar-refractivity contribution in [3.63, 3.8) is 0 Å². The second kappa shape index (κ2) is 5.76. The highest BCUT2D eigenvalue weighted by molar-refractivity contribution is 6.63. The second-order valence-electron chi connectivity index (χ2n) is 3.72. The zero-order chi connectivity index (χ0) is 11.3. The summed E-state index contributed by atoms with van der Waals surface area (Å²) < 4.78 is 5.12. The molecule has 0 aliphatic carbocycles. The van der Waals surface area contributed by atoms with Crippen molar-refractivity contribution < 1.29 is 9.53 Å². The highest BCUT2D eigenvalue weighted by atomic mass is 35.5. The highest BCUT2D eigenvalue weighted by Gasteiger charge is 2.08. The summed E-state index contributed by atoms with van der Waals surface area (Å²) >= 11 is 5.33. The molecule has 0 N–H and O–H groups in total. The number of benzene rings is 1. The number of ether oxygens (including phenoxy) is 1. The van der Waals surface area contributed by atoms with Gasteiger partial charge >= 0.3 is 0 Å². The van der Waals surface area contributed by atoms with Crippen LogP contribution >= 0.6 is 11.6 Å². The zero-order valence-corrected chi connectivity index (χ0v) is 9.75. The first-order valence-corrected chi connectivity index (χ1v) is 5.31. The number of hydrogen-bond donors (Lipinski definition) is 0. The fourth-order valence-electron chi connectivity index (χ4n) is 1.55. The van der Waals surface area contributed by atoms with Crippen molar-refractivity contribution in [3.05, 3.63) is 29.8 Å². The van der Waals surface area contributed by atoms with Crippen molar-refractivity contribution >= 4 is 16.8 Å². The van der Waals surface area contributed by atoms with Crippen molar-refractivity contribution in [1.29, 1.82) is 0 Å². The SMILES string of the molecule is COc1cccc(CC(C)CC(=O)Cl)c1. The van der Waals surface area contributed by atoms with Crippen molar-refractivity contribution in [2.24, 2.45) is 5.92 Å². The number of carbonyl (C=O) groups is 1. The molecule has 0 aromatic heterocycles. The Morgan fingerprint density at radius 1 is 1.53 bits per heavy atom. The van der Waals surface area contributed by atoms with Crippen LogP contribution < -0.4 is 4.74 Å². The molecule has 3 heteroatoms. The normalized spacial score (nSPS) is 12.2. The first-order valence-electron chi connectivity index (χ1n) is 4.93. The topological polar surface area (TPSA) is 26.3 Å². The molecule has 0 heterocycles. The van der Waals surface area contributed by atoms with Gasteiger partial charge in [-0.3, -0.25) is 4.79 Å². The average Bonchev–Trinajstić information content (AvgIpc) is 2.16. The summed E-state index contributed by atoms with van der Waals surface area (Å²) in [6.07, 6.45) is 1.26. The maximum absolute atomic E-state index is 10.7. The summed E-state index contributed by atoms with van der Waals surface area (Å²) in [6.45, 7) is 2.01. The van der Waals surface area contributed by atoms with Crippen LogP contribution in [-0.4, -0.2) is 12.4 Å². The van der Waals surface area contributed by atoms with E-state index in [4.69, 9.17) is 16.3 Å². The van der Waals surface area contributed by atoms with E-state index in [9.17, 15) is 4.79 Å². The fraction of sp³-hybridized carbons (Fsp3) is 0.417. The Morgan fingerprint density at radius 2 is 2.27 bits per heavy atom. The standard InChI is InChI=1S/C12H15ClO2/c1-9(7-12(13)14)6-10-4-3-5-11(8-10)15-2/h3-5,8-9H,6-7H2,1-2H3. The molecule has 0 saturated carbocycles. The van der Waals surface area contributed by atoms with Crippen LogP contribution in [0.1, 0.15) is 18.9 Å². The molecule has 82 valence electrons. The van der Waals surface area contributed by atoms with Crippen molar-refractivity contribution in [1.82, 2.24) is 0 Å². The molecule has 1 aromatic carbocycles. The fourth-order valence-corrected chi connectivity index (χ4v) is 1.81. The number of carbonyl (C=O) groups excluding carboxylic acids is 1. The summed E-state index contributed by atoms with van der Waals surface area (Å²) in [5.41, 5.74) is 1.17. The Kier molecular flexibility index (Phi) is 4.63. The molecule has 0 amide bonds. The van der Waals surface area contributed by atoms with Gasteiger partial charge in [-0.2, -0.15) is 0 Å². The van der Waals surface area contributed by atoms with Crippen LogP contribution in [0.2, 0.25) is 0 Å². The van der Waals surface area contributed by atoms with Crippen molar-refractivity contribution in [2.45, 2.75) is 19.8 Å². The second-order valence-corrected chi connectivity index (χ2v) is 4.14. The molecule has 0 aliphatic rings. The van der Waals surface area contributed by atoms with Gasteiger partial charge in [0.2, 0.25) is 5.24 Å². The van der Waals surface area contributed by atoms with Crippen LogP contribution in [-0.2, 0) is 11.2 Å². The van der Waals surface area contributed by atoms with Gasteiger partial charge in [0.1, 0.15) is 5.75 Å². The third-order valence-electron chi connectivity index (χ3n) is 2.23. The van der Waals surface area contributed by atoms with Gasteiger partial charge < -0.3 is 4.74 Å². The third-order valence-corrected chi connectivity index (χ3v) is 2.38. The lowest BCUT2D eigenvalue weighted by Gasteiger charge is -2.09. The largest absolute Gasteiger partial charge is 0.497 e. The van der Waals surface area contributed by atoms with Crippen LogP contribution in [0.15, 0.2) is 24.3 Å². The molecule has 1 rings (SSSR count). The van der Waals surface area contributed by atoms with E-state index < -0.39 is 0 Å². The molecule has 2 nitrogen and oxygen atoms in total. The van der Waals surface area contributed by atoms with E-state index in [2.05, 4.69) is 0 Å². The Bertz CT molecular complexity index is 336. The van der Waals surface area contributed by atoms with Gasteiger partial charge in [-0.25, -0.2) is 0 Å². The maximum Gasteiger partial charge on any atom is 0.221 e. The van der Waals surface area contributed by atoms with Gasteiger partial charge in [0, 0.05) is 6.42 Å². The van der Waals surface area contributed by atoms with Gasteiger partial charge in [0.05, 0.1) is 7.11 Å². The average molecular weight is 227 g/mol. The van der Waals surface area contributed by atoms with Gasteiger partial charge in [-0.15, -0.1) is 0 Å². The first-order chi connectivity index (χ1) is 7.11. The van der Waals surface area contributed by atoms with E-state index in [0.717, 1.165) is 12.2 Å². The molecule has 1 atom stereocenters. The summed E-state index contributed by atoms with van der Waals surface area (Å²) in [6, 6.07) is 7.86. The summed E-state index contributed by atoms with van der Waals surface area (Å²) in [5.74, 6) is 1.11. The van der Waals surface area contributed by atoms with E-state index in [1.807, 2.05) is 31.2 Å². The Hall–Kier alpha value is -1.02. The predicted molar refractivity (Wildman–Crippen MR) is 61.3 cm³/mol. The van der Waals surface area contributed by atoms with E-state index in [0.29, 0.717) is 6.42 Å². The minimum atomic E-state index is -0.273. The monoisotopic (exact) mass is 226 g/mol. The van der Waals surface area contributed by atoms with E-state index in [1.54, 1.807) is 7.11 Å². The minimum absolute atomic E-state index is 0.266. The quantitative estimate of drug-likeness (QED) is 0.722. The van der Waals surface area contributed by atoms with Crippen molar-refractivity contribution in [2.75, 3.05) is 7.11 Å². The molecule has 0 saturated heterocycles. The summed E-state index contributed by atoms with van der Waals surface area (Å²) in [5, 5.41) is -0.273. The van der Waals surface area contributed by atoms with Crippen LogP contribution in [0.25, 0.3) is 0 Å². The maximum atomic E-state index is 10.7. The lowest BCUT2D eigenvalue weighted by atomic mass is 9.98. The first kappa shape index (κ1) is 12.1. The molecule has 0 aliphatic heterocycles. The smallest absolute Gasteiger partial charge is 0.221 e. The van der Waals surface area contributed by atoms with Gasteiger partial charge in [-0.05, 0) is 41.6 Å². The molecule has 0 bridgehead atoms. The van der Waals surface area contributed by atoms with Gasteiger partial charge in [-0.1, -0.05) is 19.1 Å². The summed E-state index contributed by atoms with van der Waals surface area (Å²) in [7, 11) is 1.64. The zero-order valence-electron chi connectivity index (χ0n) is 9.00. The van der Waals surface area contributed by atoms with Gasteiger partial charge in [0.25, 0.3) is 0 Å². The molecule has 0 fully saturated rings. The van der Waals surface area contributed by atoms with Crippen LogP contribution in [0.4, 0.5) is 0 Å². The molecule has 0 radical (unpaired) electrons. The number of methoxy groups -OCH3 is 1. The Morgan fingerprint density at radius 3 is 2.87 bits per heavy atom. The Labute approximate surface area is 95.2 Å². The Balaban J connectivity index is 2.59. The third kappa shape index (κ3) is 4.34. The minimum Gasteiger partial charge on any atom is -0.497 e. The number of halogens is 1. The highest BCUT2D eigenvalue weighted by Crippen LogP contribution is 2.17. The van der Waals surface area contributed by atoms with Gasteiger partial charge in [0.15, 0.2) is 0 Å². The van der Waals surface area contributed by atoms with Crippen molar-refractivity contribution in [3.8, 4) is 5.75 Å². The van der Waals surface area contributed by atoms with Crippen LogP contribution in [0, 0.1) is 5.92 Å². The number of hydrogen-bond acceptors (Lipinski definition) is 2. The lowest BCUT2D eigenvalue weighted by molar-refractivity contribution is -0.112. The van der Waals surface area contributed by atoms with E-state index in [-0.39, 0.29) is 11.2 Å². The van der Waals surface area contributed by atoms with E-state index >= 15 is 0 Å². The molecule has 0 spiro atoms. The van der Waals surface area contributed by atoms with E-state index in [1.165, 1.54) is 5.56 Å². The number of rotatable bonds is 5. The predicted octanol–water partition coefficient (Wildman–Crippen LogP) is 3.03. The molecule has 1 unspecified atom stereocenters. The van der Waals surface area contributed by atoms with Crippen LogP contribution in [0.5, 0.6) is 5.75 Å². The lowest BCUT2D eigenvalue weighted by Crippen LogP contribution is -2.03. The molecule has 15 heavy (non-hydrogen) atoms. The summed E-state index contributed by atoms with van der Waals surface area (Å²) in [4.78, 5) is 10.7.